The van der Waals surface area contributed by atoms with E-state index >= 15 is 0 Å². The lowest BCUT2D eigenvalue weighted by atomic mass is 10.3. The second kappa shape index (κ2) is 5.35. The molecule has 0 bridgehead atoms. The van der Waals surface area contributed by atoms with Crippen LogP contribution in [0.5, 0.6) is 5.75 Å². The van der Waals surface area contributed by atoms with Gasteiger partial charge in [-0.05, 0) is 12.5 Å². The third-order valence-electron chi connectivity index (χ3n) is 3.10. The van der Waals surface area contributed by atoms with Gasteiger partial charge in [-0.25, -0.2) is 8.42 Å². The second-order valence-electron chi connectivity index (χ2n) is 4.40. The summed E-state index contributed by atoms with van der Waals surface area (Å²) in [5.41, 5.74) is -0.248. The minimum Gasteiger partial charge on any atom is -0.495 e. The summed E-state index contributed by atoms with van der Waals surface area (Å²) in [7, 11) is -2.58. The fraction of sp³-hybridized carbons (Fsp3) is 0.455. The summed E-state index contributed by atoms with van der Waals surface area (Å²) in [5, 5.41) is 20.1. The first-order chi connectivity index (χ1) is 9.36. The van der Waals surface area contributed by atoms with Crippen LogP contribution in [0.1, 0.15) is 6.42 Å². The van der Waals surface area contributed by atoms with E-state index in [1.807, 2.05) is 0 Å². The van der Waals surface area contributed by atoms with Crippen LogP contribution in [0.25, 0.3) is 0 Å². The number of nitrogens with zero attached hydrogens (tertiary/aromatic N) is 2. The first kappa shape index (κ1) is 14.7. The van der Waals surface area contributed by atoms with Crippen LogP contribution in [-0.4, -0.2) is 49.1 Å². The van der Waals surface area contributed by atoms with Crippen LogP contribution in [0.15, 0.2) is 23.1 Å². The van der Waals surface area contributed by atoms with Gasteiger partial charge in [-0.3, -0.25) is 10.1 Å². The van der Waals surface area contributed by atoms with E-state index in [1.165, 1.54) is 7.11 Å². The standard InChI is InChI=1S/C11H14N2O6S/c1-19-10-6-8(13(15)16)2-3-11(10)20(17,18)12-5-4-9(14)7-12/h2-3,6,9,14H,4-5,7H2,1H3/t9-/m1/s1. The Balaban J connectivity index is 2.44. The van der Waals surface area contributed by atoms with E-state index in [0.29, 0.717) is 6.42 Å². The van der Waals surface area contributed by atoms with Gasteiger partial charge in [-0.1, -0.05) is 0 Å². The van der Waals surface area contributed by atoms with Crippen molar-refractivity contribution < 1.29 is 23.2 Å². The second-order valence-corrected chi connectivity index (χ2v) is 6.30. The van der Waals surface area contributed by atoms with Gasteiger partial charge in [0.2, 0.25) is 10.0 Å². The first-order valence-electron chi connectivity index (χ1n) is 5.87. The van der Waals surface area contributed by atoms with Gasteiger partial charge < -0.3 is 9.84 Å². The smallest absolute Gasteiger partial charge is 0.273 e. The zero-order valence-corrected chi connectivity index (χ0v) is 11.5. The average molecular weight is 302 g/mol. The number of non-ortho nitro benzene ring substituents is 1. The minimum atomic E-state index is -3.83. The molecule has 1 aromatic rings. The zero-order chi connectivity index (χ0) is 14.9. The maximum absolute atomic E-state index is 12.4. The molecular weight excluding hydrogens is 288 g/mol. The van der Waals surface area contributed by atoms with Crippen molar-refractivity contribution in [3.63, 3.8) is 0 Å². The van der Waals surface area contributed by atoms with Crippen molar-refractivity contribution in [3.8, 4) is 5.75 Å². The Bertz CT molecular complexity index is 630. The molecule has 0 aliphatic carbocycles. The third-order valence-corrected chi connectivity index (χ3v) is 5.01. The fourth-order valence-corrected chi connectivity index (χ4v) is 3.68. The highest BCUT2D eigenvalue weighted by molar-refractivity contribution is 7.89. The molecule has 1 aliphatic rings. The summed E-state index contributed by atoms with van der Waals surface area (Å²) in [6.45, 7) is 0.228. The lowest BCUT2D eigenvalue weighted by Crippen LogP contribution is -2.30. The number of nitro groups is 1. The van der Waals surface area contributed by atoms with Gasteiger partial charge in [0, 0.05) is 19.2 Å². The molecule has 0 radical (unpaired) electrons. The molecule has 8 nitrogen and oxygen atoms in total. The number of methoxy groups -OCH3 is 1. The van der Waals surface area contributed by atoms with E-state index in [1.54, 1.807) is 0 Å². The highest BCUT2D eigenvalue weighted by atomic mass is 32.2. The molecule has 1 saturated heterocycles. The molecule has 1 N–H and O–H groups in total. The monoisotopic (exact) mass is 302 g/mol. The topological polar surface area (TPSA) is 110 Å². The van der Waals surface area contributed by atoms with E-state index in [4.69, 9.17) is 4.74 Å². The molecular formula is C11H14N2O6S. The Morgan fingerprint density at radius 1 is 1.50 bits per heavy atom. The van der Waals surface area contributed by atoms with Gasteiger partial charge in [-0.2, -0.15) is 4.31 Å². The summed E-state index contributed by atoms with van der Waals surface area (Å²) in [4.78, 5) is 9.92. The SMILES string of the molecule is COc1cc([N+](=O)[O-])ccc1S(=O)(=O)N1CC[C@@H](O)C1. The predicted molar refractivity (Wildman–Crippen MR) is 69.0 cm³/mol. The van der Waals surface area contributed by atoms with E-state index in [0.717, 1.165) is 22.5 Å². The third kappa shape index (κ3) is 2.60. The molecule has 0 spiro atoms. The van der Waals surface area contributed by atoms with E-state index in [-0.39, 0.29) is 29.4 Å². The molecule has 110 valence electrons. The fourth-order valence-electron chi connectivity index (χ4n) is 2.05. The van der Waals surface area contributed by atoms with E-state index < -0.39 is 21.1 Å². The predicted octanol–water partition coefficient (Wildman–Crippen LogP) is 0.359. The van der Waals surface area contributed by atoms with Crippen LogP contribution in [0.2, 0.25) is 0 Å². The van der Waals surface area contributed by atoms with Crippen LogP contribution in [0.4, 0.5) is 5.69 Å². The maximum Gasteiger partial charge on any atom is 0.273 e. The van der Waals surface area contributed by atoms with Crippen LogP contribution in [-0.2, 0) is 10.0 Å². The molecule has 9 heteroatoms. The highest BCUT2D eigenvalue weighted by Gasteiger charge is 2.34. The molecule has 20 heavy (non-hydrogen) atoms. The molecule has 0 unspecified atom stereocenters. The Morgan fingerprint density at radius 3 is 2.70 bits per heavy atom. The number of nitro benzene ring substituents is 1. The molecule has 2 rings (SSSR count). The zero-order valence-electron chi connectivity index (χ0n) is 10.7. The van der Waals surface area contributed by atoms with Gasteiger partial charge in [0.1, 0.15) is 10.6 Å². The molecule has 0 amide bonds. The number of aliphatic hydroxyl groups is 1. The van der Waals surface area contributed by atoms with Gasteiger partial charge in [0.05, 0.1) is 24.2 Å². The number of rotatable bonds is 4. The Morgan fingerprint density at radius 2 is 2.20 bits per heavy atom. The number of benzene rings is 1. The minimum absolute atomic E-state index is 0.0163. The molecule has 1 atom stereocenters. The summed E-state index contributed by atoms with van der Waals surface area (Å²) < 4.78 is 30.9. The van der Waals surface area contributed by atoms with Crippen molar-refractivity contribution in [1.82, 2.24) is 4.31 Å². The van der Waals surface area contributed by atoms with Crippen LogP contribution < -0.4 is 4.74 Å². The number of aliphatic hydroxyl groups excluding tert-OH is 1. The molecule has 0 aromatic heterocycles. The molecule has 1 fully saturated rings. The lowest BCUT2D eigenvalue weighted by molar-refractivity contribution is -0.385. The average Bonchev–Trinajstić information content (AvgIpc) is 2.85. The quantitative estimate of drug-likeness (QED) is 0.635. The van der Waals surface area contributed by atoms with Crippen molar-refractivity contribution in [2.75, 3.05) is 20.2 Å². The molecule has 1 aromatic carbocycles. The summed E-state index contributed by atoms with van der Waals surface area (Å²) in [6.07, 6.45) is -0.317. The van der Waals surface area contributed by atoms with Crippen molar-refractivity contribution in [1.29, 1.82) is 0 Å². The molecule has 1 heterocycles. The van der Waals surface area contributed by atoms with Crippen molar-refractivity contribution in [2.24, 2.45) is 0 Å². The number of ether oxygens (including phenoxy) is 1. The number of sulfonamides is 1. The number of β-amino-alcohol motifs (C(OH)–C–C–N with tert-alkyl or cyclic N) is 1. The van der Waals surface area contributed by atoms with E-state index in [2.05, 4.69) is 0 Å². The lowest BCUT2D eigenvalue weighted by Gasteiger charge is -2.17. The Kier molecular flexibility index (Phi) is 3.93. The Labute approximate surface area is 115 Å². The van der Waals surface area contributed by atoms with Crippen molar-refractivity contribution in [2.45, 2.75) is 17.4 Å². The van der Waals surface area contributed by atoms with Crippen LogP contribution >= 0.6 is 0 Å². The van der Waals surface area contributed by atoms with E-state index in [9.17, 15) is 23.6 Å². The van der Waals surface area contributed by atoms with Gasteiger partial charge >= 0.3 is 0 Å². The number of hydrogen-bond donors (Lipinski definition) is 1. The van der Waals surface area contributed by atoms with Crippen molar-refractivity contribution in [3.05, 3.63) is 28.3 Å². The summed E-state index contributed by atoms with van der Waals surface area (Å²) in [6, 6.07) is 3.33. The maximum atomic E-state index is 12.4. The number of hydrogen-bond acceptors (Lipinski definition) is 6. The molecule has 0 saturated carbocycles. The normalized spacial score (nSPS) is 20.0. The summed E-state index contributed by atoms with van der Waals surface area (Å²) >= 11 is 0. The van der Waals surface area contributed by atoms with Gasteiger partial charge in [0.25, 0.3) is 5.69 Å². The van der Waals surface area contributed by atoms with Gasteiger partial charge in [-0.15, -0.1) is 0 Å². The molecule has 1 aliphatic heterocycles. The summed E-state index contributed by atoms with van der Waals surface area (Å²) in [5.74, 6) is -0.0828. The van der Waals surface area contributed by atoms with Crippen LogP contribution in [0.3, 0.4) is 0 Å². The largest absolute Gasteiger partial charge is 0.495 e. The first-order valence-corrected chi connectivity index (χ1v) is 7.31. The van der Waals surface area contributed by atoms with Crippen LogP contribution in [0, 0.1) is 10.1 Å². The highest BCUT2D eigenvalue weighted by Crippen LogP contribution is 2.31. The van der Waals surface area contributed by atoms with Gasteiger partial charge in [0.15, 0.2) is 0 Å². The van der Waals surface area contributed by atoms with Crippen molar-refractivity contribution >= 4 is 15.7 Å². The Hall–Kier alpha value is -1.71.